The van der Waals surface area contributed by atoms with Gasteiger partial charge in [0.05, 0.1) is 16.7 Å². The van der Waals surface area contributed by atoms with Crippen LogP contribution in [0.4, 0.5) is 10.1 Å². The average molecular weight is 428 g/mol. The van der Waals surface area contributed by atoms with Gasteiger partial charge in [0.2, 0.25) is 5.91 Å². The number of para-hydroxylation sites is 3. The average Bonchev–Trinajstić information content (AvgIpc) is 3.35. The Kier molecular flexibility index (Phi) is 5.25. The molecule has 0 bridgehead atoms. The Balaban J connectivity index is 1.50. The van der Waals surface area contributed by atoms with Crippen LogP contribution >= 0.6 is 0 Å². The summed E-state index contributed by atoms with van der Waals surface area (Å²) in [6, 6.07) is 23.2. The molecule has 32 heavy (non-hydrogen) atoms. The van der Waals surface area contributed by atoms with E-state index in [-0.39, 0.29) is 17.6 Å². The molecule has 4 aromatic rings. The number of nitrogens with zero attached hydrogens (tertiary/aromatic N) is 3. The lowest BCUT2D eigenvalue weighted by atomic mass is 10.0. The molecule has 0 radical (unpaired) electrons. The SMILES string of the molecule is CC(C)c1ccc(Cn2c([C@@H]3CC(=O)N(c4ccccc4F)C3)nc3ccccc32)cc1. The molecule has 1 aromatic heterocycles. The van der Waals surface area contributed by atoms with Crippen molar-refractivity contribution in [1.82, 2.24) is 9.55 Å². The summed E-state index contributed by atoms with van der Waals surface area (Å²) in [7, 11) is 0. The van der Waals surface area contributed by atoms with Crippen molar-refractivity contribution in [2.45, 2.75) is 38.6 Å². The van der Waals surface area contributed by atoms with Crippen molar-refractivity contribution < 1.29 is 9.18 Å². The zero-order valence-electron chi connectivity index (χ0n) is 18.3. The summed E-state index contributed by atoms with van der Waals surface area (Å²) in [5, 5.41) is 0. The number of carbonyl (C=O) groups excluding carboxylic acids is 1. The lowest BCUT2D eigenvalue weighted by Crippen LogP contribution is -2.25. The van der Waals surface area contributed by atoms with Gasteiger partial charge in [0.15, 0.2) is 0 Å². The molecular weight excluding hydrogens is 401 g/mol. The van der Waals surface area contributed by atoms with E-state index in [0.717, 1.165) is 16.9 Å². The van der Waals surface area contributed by atoms with Crippen molar-refractivity contribution in [3.05, 3.63) is 95.6 Å². The molecule has 2 heterocycles. The van der Waals surface area contributed by atoms with Crippen molar-refractivity contribution in [3.8, 4) is 0 Å². The van der Waals surface area contributed by atoms with Crippen LogP contribution in [0.5, 0.6) is 0 Å². The van der Waals surface area contributed by atoms with Gasteiger partial charge in [0.25, 0.3) is 0 Å². The van der Waals surface area contributed by atoms with E-state index in [0.29, 0.717) is 31.1 Å². The first-order valence-electron chi connectivity index (χ1n) is 11.1. The third-order valence-corrected chi connectivity index (χ3v) is 6.30. The maximum absolute atomic E-state index is 14.4. The van der Waals surface area contributed by atoms with Crippen LogP contribution in [-0.2, 0) is 11.3 Å². The molecular formula is C27H26FN3O. The summed E-state index contributed by atoms with van der Waals surface area (Å²) < 4.78 is 16.6. The highest BCUT2D eigenvalue weighted by Crippen LogP contribution is 2.34. The van der Waals surface area contributed by atoms with E-state index in [1.54, 1.807) is 23.1 Å². The van der Waals surface area contributed by atoms with Gasteiger partial charge < -0.3 is 9.47 Å². The monoisotopic (exact) mass is 427 g/mol. The number of hydrogen-bond donors (Lipinski definition) is 0. The standard InChI is InChI=1S/C27H26FN3O/c1-18(2)20-13-11-19(12-14-20)16-31-25-10-6-4-8-23(25)29-27(31)21-15-26(32)30(17-21)24-9-5-3-7-22(24)28/h3-14,18,21H,15-17H2,1-2H3/t21-/m1/s1. The van der Waals surface area contributed by atoms with Crippen LogP contribution in [0, 0.1) is 5.82 Å². The third kappa shape index (κ3) is 3.68. The van der Waals surface area contributed by atoms with Gasteiger partial charge in [-0.1, -0.05) is 62.4 Å². The zero-order valence-corrected chi connectivity index (χ0v) is 18.3. The van der Waals surface area contributed by atoms with Crippen molar-refractivity contribution in [2.75, 3.05) is 11.4 Å². The molecule has 0 unspecified atom stereocenters. The van der Waals surface area contributed by atoms with Crippen molar-refractivity contribution >= 4 is 22.6 Å². The second kappa shape index (κ2) is 8.23. The molecule has 0 spiro atoms. The number of imidazole rings is 1. The highest BCUT2D eigenvalue weighted by Gasteiger charge is 2.35. The van der Waals surface area contributed by atoms with Crippen molar-refractivity contribution in [1.29, 1.82) is 0 Å². The highest BCUT2D eigenvalue weighted by atomic mass is 19.1. The first kappa shape index (κ1) is 20.4. The molecule has 0 aliphatic carbocycles. The molecule has 0 N–H and O–H groups in total. The minimum atomic E-state index is -0.375. The zero-order chi connectivity index (χ0) is 22.2. The number of hydrogen-bond acceptors (Lipinski definition) is 2. The van der Waals surface area contributed by atoms with Crippen LogP contribution < -0.4 is 4.90 Å². The minimum Gasteiger partial charge on any atom is -0.323 e. The molecule has 4 nitrogen and oxygen atoms in total. The molecule has 1 fully saturated rings. The molecule has 1 aliphatic heterocycles. The molecule has 1 saturated heterocycles. The summed E-state index contributed by atoms with van der Waals surface area (Å²) in [5.74, 6) is 0.832. The fourth-order valence-electron chi connectivity index (χ4n) is 4.55. The normalized spacial score (nSPS) is 16.4. The fourth-order valence-corrected chi connectivity index (χ4v) is 4.55. The van der Waals surface area contributed by atoms with E-state index in [1.165, 1.54) is 17.2 Å². The molecule has 162 valence electrons. The van der Waals surface area contributed by atoms with Gasteiger partial charge in [0.1, 0.15) is 11.6 Å². The summed E-state index contributed by atoms with van der Waals surface area (Å²) in [5.41, 5.74) is 4.80. The van der Waals surface area contributed by atoms with Gasteiger partial charge in [-0.25, -0.2) is 9.37 Å². The Hall–Kier alpha value is -3.47. The minimum absolute atomic E-state index is 0.0695. The number of fused-ring (bicyclic) bond motifs is 1. The molecule has 1 amide bonds. The molecule has 3 aromatic carbocycles. The van der Waals surface area contributed by atoms with Crippen LogP contribution in [0.3, 0.4) is 0 Å². The van der Waals surface area contributed by atoms with Crippen LogP contribution in [0.1, 0.15) is 49.1 Å². The number of carbonyl (C=O) groups is 1. The van der Waals surface area contributed by atoms with Crippen LogP contribution in [0.2, 0.25) is 0 Å². The van der Waals surface area contributed by atoms with Crippen molar-refractivity contribution in [3.63, 3.8) is 0 Å². The highest BCUT2D eigenvalue weighted by molar-refractivity contribution is 5.96. The Labute approximate surface area is 187 Å². The van der Waals surface area contributed by atoms with E-state index < -0.39 is 0 Å². The van der Waals surface area contributed by atoms with Gasteiger partial charge >= 0.3 is 0 Å². The summed E-state index contributed by atoms with van der Waals surface area (Å²) >= 11 is 0. The number of rotatable bonds is 5. The van der Waals surface area contributed by atoms with Crippen LogP contribution in [0.15, 0.2) is 72.8 Å². The van der Waals surface area contributed by atoms with E-state index in [4.69, 9.17) is 4.98 Å². The van der Waals surface area contributed by atoms with E-state index >= 15 is 0 Å². The smallest absolute Gasteiger partial charge is 0.227 e. The second-order valence-electron chi connectivity index (χ2n) is 8.80. The molecule has 5 heteroatoms. The Morgan fingerprint density at radius 2 is 1.72 bits per heavy atom. The number of aromatic nitrogens is 2. The second-order valence-corrected chi connectivity index (χ2v) is 8.80. The van der Waals surface area contributed by atoms with Gasteiger partial charge in [-0.2, -0.15) is 0 Å². The first-order chi connectivity index (χ1) is 15.5. The van der Waals surface area contributed by atoms with Gasteiger partial charge in [-0.3, -0.25) is 4.79 Å². The predicted octanol–water partition coefficient (Wildman–Crippen LogP) is 5.87. The van der Waals surface area contributed by atoms with E-state index in [9.17, 15) is 9.18 Å². The van der Waals surface area contributed by atoms with E-state index in [1.807, 2.05) is 18.2 Å². The summed E-state index contributed by atoms with van der Waals surface area (Å²) in [4.78, 5) is 19.3. The number of halogens is 1. The largest absolute Gasteiger partial charge is 0.323 e. The summed E-state index contributed by atoms with van der Waals surface area (Å²) in [6.07, 6.45) is 0.323. The first-order valence-corrected chi connectivity index (χ1v) is 11.1. The maximum atomic E-state index is 14.4. The van der Waals surface area contributed by atoms with Gasteiger partial charge in [0, 0.05) is 25.4 Å². The molecule has 0 saturated carbocycles. The Morgan fingerprint density at radius 1 is 1.00 bits per heavy atom. The lowest BCUT2D eigenvalue weighted by Gasteiger charge is -2.18. The summed E-state index contributed by atoms with van der Waals surface area (Å²) in [6.45, 7) is 5.48. The number of anilines is 1. The maximum Gasteiger partial charge on any atom is 0.227 e. The predicted molar refractivity (Wildman–Crippen MR) is 125 cm³/mol. The van der Waals surface area contributed by atoms with E-state index in [2.05, 4.69) is 48.7 Å². The van der Waals surface area contributed by atoms with Gasteiger partial charge in [-0.05, 0) is 41.3 Å². The van der Waals surface area contributed by atoms with Crippen molar-refractivity contribution in [2.24, 2.45) is 0 Å². The quantitative estimate of drug-likeness (QED) is 0.400. The lowest BCUT2D eigenvalue weighted by molar-refractivity contribution is -0.117. The fraction of sp³-hybridized carbons (Fsp3) is 0.259. The Morgan fingerprint density at radius 3 is 2.47 bits per heavy atom. The number of benzene rings is 3. The van der Waals surface area contributed by atoms with Crippen LogP contribution in [0.25, 0.3) is 11.0 Å². The number of amides is 1. The van der Waals surface area contributed by atoms with Crippen LogP contribution in [-0.4, -0.2) is 22.0 Å². The van der Waals surface area contributed by atoms with Gasteiger partial charge in [-0.15, -0.1) is 0 Å². The topological polar surface area (TPSA) is 38.1 Å². The Bertz CT molecular complexity index is 1280. The molecule has 5 rings (SSSR count). The molecule has 1 atom stereocenters. The third-order valence-electron chi connectivity index (χ3n) is 6.30. The molecule has 1 aliphatic rings.